The maximum absolute atomic E-state index is 9.25. The Morgan fingerprint density at radius 2 is 2.06 bits per heavy atom. The summed E-state index contributed by atoms with van der Waals surface area (Å²) in [5.74, 6) is 0.350. The van der Waals surface area contributed by atoms with E-state index in [1.807, 2.05) is 24.3 Å². The molecule has 1 aromatic carbocycles. The van der Waals surface area contributed by atoms with Gasteiger partial charge in [-0.2, -0.15) is 5.26 Å². The highest BCUT2D eigenvalue weighted by Gasteiger charge is 2.12. The van der Waals surface area contributed by atoms with Crippen molar-refractivity contribution >= 4 is 16.7 Å². The molecule has 0 unspecified atom stereocenters. The van der Waals surface area contributed by atoms with Crippen LogP contribution in [0.5, 0.6) is 0 Å². The van der Waals surface area contributed by atoms with Crippen molar-refractivity contribution in [2.75, 3.05) is 5.73 Å². The molecular formula is C15H17N3. The predicted molar refractivity (Wildman–Crippen MR) is 74.1 cm³/mol. The van der Waals surface area contributed by atoms with Gasteiger partial charge in [0.1, 0.15) is 11.9 Å². The van der Waals surface area contributed by atoms with Crippen molar-refractivity contribution in [1.29, 1.82) is 5.26 Å². The Morgan fingerprint density at radius 1 is 1.28 bits per heavy atom. The molecule has 0 saturated carbocycles. The highest BCUT2D eigenvalue weighted by molar-refractivity contribution is 5.86. The zero-order valence-corrected chi connectivity index (χ0v) is 10.6. The van der Waals surface area contributed by atoms with E-state index in [0.29, 0.717) is 11.4 Å². The van der Waals surface area contributed by atoms with Gasteiger partial charge in [0.05, 0.1) is 11.1 Å². The van der Waals surface area contributed by atoms with E-state index in [9.17, 15) is 5.26 Å². The number of hydrogen-bond donors (Lipinski definition) is 1. The van der Waals surface area contributed by atoms with Crippen LogP contribution in [0.15, 0.2) is 24.3 Å². The number of aryl methyl sites for hydroxylation is 1. The first-order valence-electron chi connectivity index (χ1n) is 6.35. The van der Waals surface area contributed by atoms with Gasteiger partial charge in [0, 0.05) is 5.39 Å². The number of pyridine rings is 1. The average Bonchev–Trinajstić information content (AvgIpc) is 2.38. The van der Waals surface area contributed by atoms with Gasteiger partial charge in [0.25, 0.3) is 0 Å². The second kappa shape index (κ2) is 5.50. The predicted octanol–water partition coefficient (Wildman–Crippen LogP) is 3.42. The summed E-state index contributed by atoms with van der Waals surface area (Å²) >= 11 is 0. The van der Waals surface area contributed by atoms with Crippen molar-refractivity contribution < 1.29 is 0 Å². The van der Waals surface area contributed by atoms with Crippen LogP contribution in [0.3, 0.4) is 0 Å². The summed E-state index contributed by atoms with van der Waals surface area (Å²) in [7, 11) is 0. The first kappa shape index (κ1) is 12.4. The maximum atomic E-state index is 9.25. The van der Waals surface area contributed by atoms with E-state index in [4.69, 9.17) is 5.73 Å². The zero-order valence-electron chi connectivity index (χ0n) is 10.6. The summed E-state index contributed by atoms with van der Waals surface area (Å²) in [6.07, 6.45) is 4.31. The van der Waals surface area contributed by atoms with E-state index in [2.05, 4.69) is 18.0 Å². The number of hydrogen-bond acceptors (Lipinski definition) is 3. The molecule has 92 valence electrons. The number of para-hydroxylation sites is 1. The van der Waals surface area contributed by atoms with E-state index in [-0.39, 0.29) is 0 Å². The molecule has 3 heteroatoms. The molecule has 0 aliphatic rings. The summed E-state index contributed by atoms with van der Waals surface area (Å²) in [5.41, 5.74) is 8.34. The van der Waals surface area contributed by atoms with E-state index in [1.54, 1.807) is 0 Å². The Morgan fingerprint density at radius 3 is 2.78 bits per heavy atom. The largest absolute Gasteiger partial charge is 0.383 e. The summed E-state index contributed by atoms with van der Waals surface area (Å²) in [5, 5.41) is 10.3. The third-order valence-electron chi connectivity index (χ3n) is 3.17. The van der Waals surface area contributed by atoms with E-state index in [1.165, 1.54) is 12.8 Å². The smallest absolute Gasteiger partial charge is 0.142 e. The van der Waals surface area contributed by atoms with Crippen LogP contribution in [0, 0.1) is 11.3 Å². The normalized spacial score (nSPS) is 10.4. The van der Waals surface area contributed by atoms with Crippen molar-refractivity contribution in [2.24, 2.45) is 0 Å². The van der Waals surface area contributed by atoms with Crippen LogP contribution in [0.1, 0.15) is 37.3 Å². The van der Waals surface area contributed by atoms with Crippen LogP contribution in [-0.2, 0) is 6.42 Å². The number of nitrogen functional groups attached to an aromatic ring is 1. The van der Waals surface area contributed by atoms with Crippen LogP contribution >= 0.6 is 0 Å². The lowest BCUT2D eigenvalue weighted by molar-refractivity contribution is 0.719. The van der Waals surface area contributed by atoms with Crippen molar-refractivity contribution in [3.05, 3.63) is 35.4 Å². The van der Waals surface area contributed by atoms with Gasteiger partial charge in [-0.25, -0.2) is 4.98 Å². The molecule has 0 aliphatic carbocycles. The molecule has 0 atom stereocenters. The lowest BCUT2D eigenvalue weighted by Gasteiger charge is -2.10. The number of rotatable bonds is 4. The summed E-state index contributed by atoms with van der Waals surface area (Å²) < 4.78 is 0. The molecule has 2 N–H and O–H groups in total. The average molecular weight is 239 g/mol. The standard InChI is InChI=1S/C15H17N3/c1-2-3-4-7-11-12-8-5-6-9-14(12)18-15(17)13(11)10-16/h5-6,8-9H,2-4,7H2,1H3,(H2,17,18). The summed E-state index contributed by atoms with van der Waals surface area (Å²) in [4.78, 5) is 4.29. The molecule has 0 radical (unpaired) electrons. The molecule has 1 aromatic heterocycles. The zero-order chi connectivity index (χ0) is 13.0. The van der Waals surface area contributed by atoms with Gasteiger partial charge >= 0.3 is 0 Å². The van der Waals surface area contributed by atoms with Crippen molar-refractivity contribution in [2.45, 2.75) is 32.6 Å². The summed E-state index contributed by atoms with van der Waals surface area (Å²) in [6.45, 7) is 2.17. The van der Waals surface area contributed by atoms with Crippen molar-refractivity contribution in [3.8, 4) is 6.07 Å². The minimum absolute atomic E-state index is 0.350. The SMILES string of the molecule is CCCCCc1c(C#N)c(N)nc2ccccc12. The maximum Gasteiger partial charge on any atom is 0.142 e. The number of anilines is 1. The first-order chi connectivity index (χ1) is 8.77. The monoisotopic (exact) mass is 239 g/mol. The molecule has 0 bridgehead atoms. The fourth-order valence-electron chi connectivity index (χ4n) is 2.24. The molecule has 0 amide bonds. The molecule has 18 heavy (non-hydrogen) atoms. The second-order valence-corrected chi connectivity index (χ2v) is 4.44. The van der Waals surface area contributed by atoms with E-state index >= 15 is 0 Å². The number of nitrogens with zero attached hydrogens (tertiary/aromatic N) is 2. The fourth-order valence-corrected chi connectivity index (χ4v) is 2.24. The lowest BCUT2D eigenvalue weighted by Crippen LogP contribution is -2.02. The third-order valence-corrected chi connectivity index (χ3v) is 3.17. The molecule has 2 aromatic rings. The summed E-state index contributed by atoms with van der Waals surface area (Å²) in [6, 6.07) is 10.1. The van der Waals surface area contributed by atoms with Gasteiger partial charge in [-0.1, -0.05) is 38.0 Å². The lowest BCUT2D eigenvalue weighted by atomic mass is 9.98. The van der Waals surface area contributed by atoms with Gasteiger partial charge < -0.3 is 5.73 Å². The van der Waals surface area contributed by atoms with Crippen LogP contribution in [0.4, 0.5) is 5.82 Å². The Hall–Kier alpha value is -2.08. The molecular weight excluding hydrogens is 222 g/mol. The van der Waals surface area contributed by atoms with Crippen LogP contribution < -0.4 is 5.73 Å². The highest BCUT2D eigenvalue weighted by Crippen LogP contribution is 2.26. The quantitative estimate of drug-likeness (QED) is 0.831. The Balaban J connectivity index is 2.54. The number of benzene rings is 1. The molecule has 0 spiro atoms. The van der Waals surface area contributed by atoms with E-state index in [0.717, 1.165) is 29.3 Å². The van der Waals surface area contributed by atoms with Crippen LogP contribution in [0.25, 0.3) is 10.9 Å². The van der Waals surface area contributed by atoms with Crippen LogP contribution in [0.2, 0.25) is 0 Å². The first-order valence-corrected chi connectivity index (χ1v) is 6.35. The fraction of sp³-hybridized carbons (Fsp3) is 0.333. The Labute approximate surface area is 107 Å². The molecule has 1 heterocycles. The number of aromatic nitrogens is 1. The van der Waals surface area contributed by atoms with Crippen molar-refractivity contribution in [1.82, 2.24) is 4.98 Å². The van der Waals surface area contributed by atoms with Gasteiger partial charge in [-0.05, 0) is 24.5 Å². The Bertz CT molecular complexity index is 596. The van der Waals surface area contributed by atoms with Gasteiger partial charge in [0.2, 0.25) is 0 Å². The van der Waals surface area contributed by atoms with Gasteiger partial charge in [-0.15, -0.1) is 0 Å². The van der Waals surface area contributed by atoms with Gasteiger partial charge in [-0.3, -0.25) is 0 Å². The third kappa shape index (κ3) is 2.28. The molecule has 0 fully saturated rings. The molecule has 3 nitrogen and oxygen atoms in total. The number of nitrogens with two attached hydrogens (primary N) is 1. The molecule has 0 aliphatic heterocycles. The molecule has 0 saturated heterocycles. The number of nitriles is 1. The second-order valence-electron chi connectivity index (χ2n) is 4.44. The minimum atomic E-state index is 0.350. The van der Waals surface area contributed by atoms with Gasteiger partial charge in [0.15, 0.2) is 0 Å². The number of unbranched alkanes of at least 4 members (excludes halogenated alkanes) is 2. The topological polar surface area (TPSA) is 62.7 Å². The minimum Gasteiger partial charge on any atom is -0.383 e. The van der Waals surface area contributed by atoms with Crippen LogP contribution in [-0.4, -0.2) is 4.98 Å². The molecule has 2 rings (SSSR count). The van der Waals surface area contributed by atoms with E-state index < -0.39 is 0 Å². The Kier molecular flexibility index (Phi) is 3.78. The van der Waals surface area contributed by atoms with Crippen molar-refractivity contribution in [3.63, 3.8) is 0 Å². The number of fused-ring (bicyclic) bond motifs is 1. The highest BCUT2D eigenvalue weighted by atomic mass is 14.8.